The van der Waals surface area contributed by atoms with Crippen LogP contribution in [0.5, 0.6) is 0 Å². The van der Waals surface area contributed by atoms with Gasteiger partial charge >= 0.3 is 6.09 Å². The fraction of sp³-hybridized carbons (Fsp3) is 0.889. The van der Waals surface area contributed by atoms with E-state index in [4.69, 9.17) is 44.6 Å². The Morgan fingerprint density at radius 3 is 2.45 bits per heavy atom. The van der Waals surface area contributed by atoms with E-state index >= 15 is 0 Å². The van der Waals surface area contributed by atoms with Gasteiger partial charge in [0.25, 0.3) is 0 Å². The summed E-state index contributed by atoms with van der Waals surface area (Å²) < 4.78 is 8.06. The van der Waals surface area contributed by atoms with Crippen molar-refractivity contribution in [2.24, 2.45) is 0 Å². The van der Waals surface area contributed by atoms with Gasteiger partial charge in [-0.15, -0.1) is 0 Å². The van der Waals surface area contributed by atoms with Crippen molar-refractivity contribution >= 4 is 56.8 Å². The summed E-state index contributed by atoms with van der Waals surface area (Å²) in [4.78, 5) is 11.5. The number of hydrogen-bond donors (Lipinski definition) is 4. The van der Waals surface area contributed by atoms with Crippen LogP contribution in [-0.2, 0) is 9.47 Å². The highest BCUT2D eigenvalue weighted by molar-refractivity contribution is 9.09. The smallest absolute Gasteiger partial charge is 0.407 e. The Morgan fingerprint density at radius 1 is 1.35 bits per heavy atom. The number of alkyl carbamates (subject to hydrolysis) is 1. The zero-order valence-corrected chi connectivity index (χ0v) is 13.7. The Morgan fingerprint density at radius 2 is 1.95 bits per heavy atom. The van der Waals surface area contributed by atoms with Gasteiger partial charge in [-0.25, -0.2) is 4.79 Å². The van der Waals surface area contributed by atoms with E-state index in [0.717, 1.165) is 0 Å². The molecule has 1 fully saturated rings. The molecule has 4 N–H and O–H groups in total. The first kappa shape index (κ1) is 18.5. The summed E-state index contributed by atoms with van der Waals surface area (Å²) in [7, 11) is 0. The number of carbonyl (C=O) groups excluding carboxylic acids is 1. The molecule has 0 saturated carbocycles. The molecule has 0 radical (unpaired) electrons. The fourth-order valence-corrected chi connectivity index (χ4v) is 2.43. The lowest BCUT2D eigenvalue weighted by molar-refractivity contribution is -0.168. The van der Waals surface area contributed by atoms with Crippen LogP contribution in [-0.4, -0.2) is 67.8 Å². The van der Waals surface area contributed by atoms with Crippen LogP contribution in [0.1, 0.15) is 0 Å². The van der Waals surface area contributed by atoms with Crippen molar-refractivity contribution in [1.29, 1.82) is 0 Å². The van der Waals surface area contributed by atoms with Crippen molar-refractivity contribution in [3.05, 3.63) is 0 Å². The van der Waals surface area contributed by atoms with Crippen LogP contribution in [0, 0.1) is 0 Å². The molecular weight excluding hydrogens is 404 g/mol. The van der Waals surface area contributed by atoms with Crippen LogP contribution < -0.4 is 5.32 Å². The molecule has 2 unspecified atom stereocenters. The number of amides is 1. The second-order valence-corrected chi connectivity index (χ2v) is 7.47. The molecule has 1 rings (SSSR count). The van der Waals surface area contributed by atoms with Crippen molar-refractivity contribution in [3.8, 4) is 0 Å². The van der Waals surface area contributed by atoms with E-state index in [1.54, 1.807) is 0 Å². The highest BCUT2D eigenvalue weighted by Gasteiger charge is 2.44. The van der Waals surface area contributed by atoms with Crippen LogP contribution >= 0.6 is 50.7 Å². The topological polar surface area (TPSA) is 108 Å². The summed E-state index contributed by atoms with van der Waals surface area (Å²) in [6.45, 7) is -0.966. The molecule has 1 amide bonds. The van der Waals surface area contributed by atoms with Crippen molar-refractivity contribution in [2.75, 3.05) is 13.2 Å². The summed E-state index contributed by atoms with van der Waals surface area (Å²) in [5.41, 5.74) is 0. The third-order valence-corrected chi connectivity index (χ3v) is 3.63. The first-order valence-corrected chi connectivity index (χ1v) is 7.47. The molecule has 1 aliphatic heterocycles. The van der Waals surface area contributed by atoms with Crippen LogP contribution in [0.3, 0.4) is 0 Å². The fourth-order valence-electron chi connectivity index (χ4n) is 1.55. The van der Waals surface area contributed by atoms with Gasteiger partial charge in [-0.3, -0.25) is 0 Å². The standard InChI is InChI=1S/C9H13BrCl3NO6/c10-7-4(6(17)5(16)3(1-15)20-7)14-8(18)19-2-9(11,12)13/h3-7,15-17H,1-2H2,(H,14,18)/t3-,4?,5-,6?,7+/m1/s1. The number of ether oxygens (including phenoxy) is 2. The highest BCUT2D eigenvalue weighted by Crippen LogP contribution is 2.27. The summed E-state index contributed by atoms with van der Waals surface area (Å²) >= 11 is 19.3. The minimum absolute atomic E-state index is 0.481. The van der Waals surface area contributed by atoms with Gasteiger partial charge in [0.15, 0.2) is 0 Å². The molecule has 0 aromatic carbocycles. The van der Waals surface area contributed by atoms with Gasteiger partial charge < -0.3 is 30.1 Å². The number of halogens is 4. The van der Waals surface area contributed by atoms with Crippen LogP contribution in [0.25, 0.3) is 0 Å². The zero-order valence-electron chi connectivity index (χ0n) is 9.88. The molecule has 118 valence electrons. The summed E-state index contributed by atoms with van der Waals surface area (Å²) in [6.07, 6.45) is -4.66. The predicted molar refractivity (Wildman–Crippen MR) is 75.2 cm³/mol. The van der Waals surface area contributed by atoms with Crippen LogP contribution in [0.4, 0.5) is 4.79 Å². The average Bonchev–Trinajstić information content (AvgIpc) is 2.35. The maximum absolute atomic E-state index is 11.5. The predicted octanol–water partition coefficient (Wildman–Crippen LogP) is 0.285. The first-order chi connectivity index (χ1) is 9.15. The lowest BCUT2D eigenvalue weighted by Gasteiger charge is -2.40. The third-order valence-electron chi connectivity index (χ3n) is 2.52. The molecule has 0 aliphatic carbocycles. The molecule has 0 bridgehead atoms. The largest absolute Gasteiger partial charge is 0.445 e. The molecule has 1 heterocycles. The Hall–Kier alpha value is 0.460. The van der Waals surface area contributed by atoms with Crippen LogP contribution in [0.15, 0.2) is 0 Å². The lowest BCUT2D eigenvalue weighted by atomic mass is 9.98. The van der Waals surface area contributed by atoms with Gasteiger partial charge in [0, 0.05) is 0 Å². The quantitative estimate of drug-likeness (QED) is 0.492. The van der Waals surface area contributed by atoms with E-state index in [2.05, 4.69) is 26.0 Å². The van der Waals surface area contributed by atoms with E-state index in [1.165, 1.54) is 0 Å². The lowest BCUT2D eigenvalue weighted by Crippen LogP contribution is -2.62. The van der Waals surface area contributed by atoms with Gasteiger partial charge in [0.2, 0.25) is 3.79 Å². The normalized spacial score (nSPS) is 34.6. The molecule has 1 aliphatic rings. The Bertz CT molecular complexity index is 344. The maximum atomic E-state index is 11.5. The molecule has 11 heteroatoms. The molecule has 20 heavy (non-hydrogen) atoms. The Balaban J connectivity index is 2.56. The van der Waals surface area contributed by atoms with Crippen molar-refractivity contribution in [3.63, 3.8) is 0 Å². The zero-order chi connectivity index (χ0) is 15.5. The number of aliphatic hydroxyl groups excluding tert-OH is 3. The van der Waals surface area contributed by atoms with Gasteiger partial charge in [-0.2, -0.15) is 0 Å². The van der Waals surface area contributed by atoms with Crippen LogP contribution in [0.2, 0.25) is 0 Å². The number of hydrogen-bond acceptors (Lipinski definition) is 6. The summed E-state index contributed by atoms with van der Waals surface area (Å²) in [5, 5.41) is 29.9. The molecule has 5 atom stereocenters. The number of aliphatic hydroxyl groups is 3. The SMILES string of the molecule is O=C(NC1C(O)[C@H](O)[C@@H](CO)O[C@@H]1Br)OCC(Cl)(Cl)Cl. The molecule has 1 saturated heterocycles. The van der Waals surface area contributed by atoms with E-state index in [-0.39, 0.29) is 0 Å². The van der Waals surface area contributed by atoms with Gasteiger partial charge in [0.1, 0.15) is 29.9 Å². The van der Waals surface area contributed by atoms with Crippen molar-refractivity contribution in [1.82, 2.24) is 5.32 Å². The van der Waals surface area contributed by atoms with E-state index in [1.807, 2.05) is 0 Å². The molecule has 0 aromatic heterocycles. The number of nitrogens with one attached hydrogen (secondary N) is 1. The summed E-state index contributed by atoms with van der Waals surface area (Å²) in [6, 6.07) is -1.00. The molecule has 7 nitrogen and oxygen atoms in total. The van der Waals surface area contributed by atoms with E-state index in [9.17, 15) is 15.0 Å². The molecule has 0 spiro atoms. The second-order valence-electron chi connectivity index (χ2n) is 4.05. The monoisotopic (exact) mass is 415 g/mol. The first-order valence-electron chi connectivity index (χ1n) is 5.42. The third kappa shape index (κ3) is 5.34. The molecular formula is C9H13BrCl3NO6. The average molecular weight is 417 g/mol. The number of carbonyl (C=O) groups is 1. The van der Waals surface area contributed by atoms with Crippen molar-refractivity contribution < 1.29 is 29.6 Å². The second kappa shape index (κ2) is 7.64. The minimum atomic E-state index is -1.76. The highest BCUT2D eigenvalue weighted by atomic mass is 79.9. The van der Waals surface area contributed by atoms with Gasteiger partial charge in [-0.1, -0.05) is 50.7 Å². The molecule has 0 aromatic rings. The minimum Gasteiger partial charge on any atom is -0.445 e. The van der Waals surface area contributed by atoms with E-state index in [0.29, 0.717) is 0 Å². The maximum Gasteiger partial charge on any atom is 0.407 e. The number of alkyl halides is 4. The Kier molecular flexibility index (Phi) is 7.07. The summed E-state index contributed by atoms with van der Waals surface area (Å²) in [5.74, 6) is 0. The van der Waals surface area contributed by atoms with Gasteiger partial charge in [-0.05, 0) is 0 Å². The van der Waals surface area contributed by atoms with Crippen molar-refractivity contribution in [2.45, 2.75) is 33.2 Å². The van der Waals surface area contributed by atoms with Gasteiger partial charge in [0.05, 0.1) is 12.6 Å². The Labute approximate surface area is 138 Å². The van der Waals surface area contributed by atoms with E-state index < -0.39 is 52.5 Å². The number of rotatable bonds is 3.